The molecule has 1 aromatic heterocycles. The third-order valence-electron chi connectivity index (χ3n) is 14.0. The second-order valence-corrected chi connectivity index (χ2v) is 21.6. The average molecular weight is 929 g/mol. The Kier molecular flexibility index (Phi) is 12.6. The molecule has 3 heterocycles. The third kappa shape index (κ3) is 8.77. The highest BCUT2D eigenvalue weighted by molar-refractivity contribution is 7.91. The molecule has 1 aromatic carbocycles. The van der Waals surface area contributed by atoms with Gasteiger partial charge in [0.1, 0.15) is 35.2 Å². The summed E-state index contributed by atoms with van der Waals surface area (Å²) in [7, 11) is -2.85. The molecule has 2 aliphatic heterocycles. The number of nitrogens with one attached hydrogen (secondary N) is 3. The van der Waals surface area contributed by atoms with Crippen LogP contribution in [0.25, 0.3) is 11.0 Å². The van der Waals surface area contributed by atoms with Crippen LogP contribution in [-0.4, -0.2) is 107 Å². The Morgan fingerprint density at radius 2 is 1.73 bits per heavy atom. The number of methoxy groups -OCH3 is 1. The van der Waals surface area contributed by atoms with E-state index in [1.165, 1.54) is 14.0 Å². The first kappa shape index (κ1) is 47.4. The zero-order valence-electron chi connectivity index (χ0n) is 36.8. The van der Waals surface area contributed by atoms with Crippen molar-refractivity contribution in [3.63, 3.8) is 0 Å². The first-order valence-electron chi connectivity index (χ1n) is 22.0. The molecule has 8 unspecified atom stereocenters. The van der Waals surface area contributed by atoms with Crippen molar-refractivity contribution in [2.45, 2.75) is 158 Å². The molecule has 21 heteroatoms. The average Bonchev–Trinajstić information content (AvgIpc) is 4.06. The van der Waals surface area contributed by atoms with Crippen molar-refractivity contribution in [3.8, 4) is 11.6 Å². The zero-order valence-corrected chi connectivity index (χ0v) is 37.6. The van der Waals surface area contributed by atoms with Crippen LogP contribution < -0.4 is 24.8 Å². The molecule has 8 atom stereocenters. The second-order valence-electron chi connectivity index (χ2n) is 19.4. The van der Waals surface area contributed by atoms with Gasteiger partial charge in [-0.05, 0) is 88.7 Å². The molecule has 5 aliphatic rings. The highest BCUT2D eigenvalue weighted by atomic mass is 32.2. The molecule has 2 aromatic rings. The van der Waals surface area contributed by atoms with Crippen LogP contribution in [0.3, 0.4) is 0 Å². The lowest BCUT2D eigenvalue weighted by atomic mass is 9.85. The minimum atomic E-state index is -4.94. The number of halogens is 5. The van der Waals surface area contributed by atoms with E-state index in [4.69, 9.17) is 24.2 Å². The summed E-state index contributed by atoms with van der Waals surface area (Å²) in [4.78, 5) is 68.0. The number of benzene rings is 1. The van der Waals surface area contributed by atoms with Crippen molar-refractivity contribution < 1.29 is 63.8 Å². The maximum Gasteiger partial charge on any atom is 0.428 e. The number of ether oxygens (including phenoxy) is 3. The van der Waals surface area contributed by atoms with Gasteiger partial charge in [0.15, 0.2) is 0 Å². The number of rotatable bonds is 8. The van der Waals surface area contributed by atoms with Crippen LogP contribution in [0.4, 0.5) is 26.7 Å². The van der Waals surface area contributed by atoms with Gasteiger partial charge in [-0.1, -0.05) is 40.5 Å². The summed E-state index contributed by atoms with van der Waals surface area (Å²) in [6.07, 6.45) is -9.06. The van der Waals surface area contributed by atoms with Gasteiger partial charge in [-0.3, -0.25) is 19.1 Å². The fourth-order valence-electron chi connectivity index (χ4n) is 9.74. The Morgan fingerprint density at radius 3 is 2.34 bits per heavy atom. The molecule has 7 rings (SSSR count). The summed E-state index contributed by atoms with van der Waals surface area (Å²) in [5.41, 5.74) is -5.11. The van der Waals surface area contributed by atoms with Gasteiger partial charge in [-0.2, -0.15) is 13.2 Å². The van der Waals surface area contributed by atoms with Crippen molar-refractivity contribution in [1.29, 1.82) is 0 Å². The highest BCUT2D eigenvalue weighted by Gasteiger charge is 2.68. The number of alkyl carbamates (subject to hydrolysis) is 1. The van der Waals surface area contributed by atoms with Gasteiger partial charge >= 0.3 is 12.3 Å². The van der Waals surface area contributed by atoms with Gasteiger partial charge in [-0.25, -0.2) is 32.0 Å². The van der Waals surface area contributed by atoms with Gasteiger partial charge in [0.05, 0.1) is 35.4 Å². The molecule has 3 N–H and O–H groups in total. The van der Waals surface area contributed by atoms with E-state index in [2.05, 4.69) is 10.6 Å². The number of aromatic nitrogens is 2. The molecule has 1 saturated heterocycles. The van der Waals surface area contributed by atoms with Gasteiger partial charge in [0.25, 0.3) is 5.91 Å². The highest BCUT2D eigenvalue weighted by Crippen LogP contribution is 2.52. The van der Waals surface area contributed by atoms with E-state index >= 15 is 18.0 Å². The van der Waals surface area contributed by atoms with E-state index in [0.717, 1.165) is 4.90 Å². The summed E-state index contributed by atoms with van der Waals surface area (Å²) in [5.74, 6) is -6.60. The van der Waals surface area contributed by atoms with Crippen LogP contribution in [0.1, 0.15) is 111 Å². The molecule has 4 amide bonds. The predicted octanol–water partition coefficient (Wildman–Crippen LogP) is 6.12. The molecular weight excluding hydrogens is 872 g/mol. The van der Waals surface area contributed by atoms with Crippen LogP contribution in [0.15, 0.2) is 18.2 Å². The lowest BCUT2D eigenvalue weighted by Gasteiger charge is -2.39. The number of sulfonamides is 1. The monoisotopic (exact) mass is 928 g/mol. The van der Waals surface area contributed by atoms with Crippen molar-refractivity contribution in [2.75, 3.05) is 13.7 Å². The summed E-state index contributed by atoms with van der Waals surface area (Å²) < 4.78 is 119. The van der Waals surface area contributed by atoms with Crippen molar-refractivity contribution in [3.05, 3.63) is 23.9 Å². The summed E-state index contributed by atoms with van der Waals surface area (Å²) >= 11 is 0. The number of alkyl halides is 5. The van der Waals surface area contributed by atoms with Gasteiger partial charge in [0.2, 0.25) is 39.7 Å². The van der Waals surface area contributed by atoms with Crippen LogP contribution in [0, 0.1) is 23.2 Å². The first-order chi connectivity index (χ1) is 29.9. The third-order valence-corrected chi connectivity index (χ3v) is 16.2. The largest absolute Gasteiger partial charge is 0.497 e. The molecule has 15 nitrogen and oxygen atoms in total. The molecular formula is C43H57F5N6O9S. The predicted molar refractivity (Wildman–Crippen MR) is 221 cm³/mol. The molecule has 0 radical (unpaired) electrons. The summed E-state index contributed by atoms with van der Waals surface area (Å²) in [6.45, 7) is 7.39. The van der Waals surface area contributed by atoms with Crippen LogP contribution >= 0.6 is 0 Å². The van der Waals surface area contributed by atoms with Crippen molar-refractivity contribution in [1.82, 2.24) is 30.2 Å². The molecule has 354 valence electrons. The Balaban J connectivity index is 1.31. The molecule has 0 spiro atoms. The fourth-order valence-corrected chi connectivity index (χ4v) is 11.1. The van der Waals surface area contributed by atoms with Gasteiger partial charge < -0.3 is 29.7 Å². The minimum Gasteiger partial charge on any atom is -0.497 e. The Morgan fingerprint density at radius 1 is 1.03 bits per heavy atom. The molecule has 4 fully saturated rings. The Labute approximate surface area is 368 Å². The number of hydrogen-bond acceptors (Lipinski definition) is 11. The lowest BCUT2D eigenvalue weighted by molar-refractivity contribution is -0.271. The number of fused-ring (bicyclic) bond motifs is 5. The quantitative estimate of drug-likeness (QED) is 0.258. The number of carbonyl (C=O) groups excluding carboxylic acids is 4. The molecule has 64 heavy (non-hydrogen) atoms. The van der Waals surface area contributed by atoms with Gasteiger partial charge in [-0.15, -0.1) is 0 Å². The SMILES string of the molecule is CCC1C2CN(C(=O)C(C(C)(C)C)NC(=O)OC3(C(F)(F)F)CCCC3CCCCCc3nc4ccc(OC)cc4nc3O2)C1C(=O)NC1(C(=O)NS(=O)(=O)C2(C)CC2)CC1C(F)F. The minimum absolute atomic E-state index is 0.0642. The topological polar surface area (TPSA) is 195 Å². The first-order valence-corrected chi connectivity index (χ1v) is 23.4. The number of amides is 4. The van der Waals surface area contributed by atoms with Crippen LogP contribution in [-0.2, 0) is 35.6 Å². The molecule has 3 saturated carbocycles. The maximum absolute atomic E-state index is 15.1. The summed E-state index contributed by atoms with van der Waals surface area (Å²) in [5, 5.41) is 4.82. The van der Waals surface area contributed by atoms with E-state index < -0.39 is 117 Å². The maximum atomic E-state index is 15.1. The van der Waals surface area contributed by atoms with Crippen molar-refractivity contribution >= 4 is 44.9 Å². The Hall–Kier alpha value is -4.56. The van der Waals surface area contributed by atoms with Crippen LogP contribution in [0.2, 0.25) is 0 Å². The normalized spacial score (nSPS) is 31.1. The number of nitrogens with zero attached hydrogens (tertiary/aromatic N) is 3. The molecule has 3 aliphatic carbocycles. The van der Waals surface area contributed by atoms with E-state index in [1.54, 1.807) is 45.9 Å². The van der Waals surface area contributed by atoms with Crippen molar-refractivity contribution in [2.24, 2.45) is 23.2 Å². The van der Waals surface area contributed by atoms with E-state index in [0.29, 0.717) is 41.7 Å². The number of hydrogen-bond donors (Lipinski definition) is 3. The summed E-state index contributed by atoms with van der Waals surface area (Å²) in [6, 6.07) is 1.85. The number of aryl methyl sites for hydroxylation is 1. The van der Waals surface area contributed by atoms with E-state index in [-0.39, 0.29) is 57.4 Å². The van der Waals surface area contributed by atoms with E-state index in [1.807, 2.05) is 4.72 Å². The van der Waals surface area contributed by atoms with E-state index in [9.17, 15) is 31.6 Å². The fraction of sp³-hybridized carbons (Fsp3) is 0.721. The zero-order chi connectivity index (χ0) is 46.8. The number of carbonyl (C=O) groups is 4. The standard InChI is InChI=1S/C43H57F5N6O9S/c1-7-25-30-22-54(31(25)34(55)52-41(21-26(41)33(44)45)37(57)53-64(59,60)40(5)18-19-40)36(56)32(39(2,3)4)51-38(58)63-42(43(46,47)48)17-11-13-23(42)12-9-8-10-14-28-35(62-30)50-29-20-24(61-6)15-16-27(29)49-28/h15-16,20,23,25-26,30-33H,7-14,17-19,21-22H2,1-6H3,(H,51,58)(H,52,55)(H,53,57). The lowest BCUT2D eigenvalue weighted by Crippen LogP contribution is -2.62. The van der Waals surface area contributed by atoms with Crippen LogP contribution in [0.5, 0.6) is 11.6 Å². The van der Waals surface area contributed by atoms with Gasteiger partial charge in [0, 0.05) is 17.9 Å². The Bertz CT molecular complexity index is 2270. The molecule has 2 bridgehead atoms. The second kappa shape index (κ2) is 17.0. The smallest absolute Gasteiger partial charge is 0.428 e.